The lowest BCUT2D eigenvalue weighted by atomic mass is 10.0. The monoisotopic (exact) mass is 856 g/mol. The number of carbonyl (C=O) groups excluding carboxylic acids is 2. The normalized spacial score (nSPS) is 13.0. The predicted octanol–water partition coefficient (Wildman–Crippen LogP) is 15.8. The zero-order valence-corrected chi connectivity index (χ0v) is 40.4. The molecule has 356 valence electrons. The second kappa shape index (κ2) is 50.5. The molecule has 0 aromatic carbocycles. The second-order valence-electron chi connectivity index (χ2n) is 17.8. The van der Waals surface area contributed by atoms with Crippen LogP contribution in [-0.4, -0.2) is 47.4 Å². The fourth-order valence-corrected chi connectivity index (χ4v) is 7.74. The number of allylic oxidation sites excluding steroid dienone is 7. The highest BCUT2D eigenvalue weighted by Gasteiger charge is 2.17. The number of hydrogen-bond acceptors (Lipinski definition) is 5. The van der Waals surface area contributed by atoms with Crippen molar-refractivity contribution in [2.45, 2.75) is 276 Å². The molecule has 0 radical (unpaired) electrons. The van der Waals surface area contributed by atoms with Gasteiger partial charge >= 0.3 is 5.97 Å². The summed E-state index contributed by atoms with van der Waals surface area (Å²) in [6, 6.07) is -0.673. The molecule has 0 heterocycles. The largest absolute Gasteiger partial charge is 0.466 e. The number of unbranched alkanes of at least 4 members (excludes halogenated alkanes) is 31. The first-order chi connectivity index (χ1) is 30.0. The van der Waals surface area contributed by atoms with Crippen LogP contribution in [0, 0.1) is 0 Å². The molecule has 0 saturated heterocycles. The number of carbonyl (C=O) groups is 2. The van der Waals surface area contributed by atoms with Crippen molar-refractivity contribution in [2.75, 3.05) is 13.2 Å². The van der Waals surface area contributed by atoms with Gasteiger partial charge in [0.1, 0.15) is 0 Å². The van der Waals surface area contributed by atoms with Gasteiger partial charge in [0.05, 0.1) is 25.4 Å². The molecule has 61 heavy (non-hydrogen) atoms. The number of hydrogen-bond donors (Lipinski definition) is 3. The number of rotatable bonds is 48. The van der Waals surface area contributed by atoms with E-state index in [0.717, 1.165) is 51.4 Å². The Kier molecular flexibility index (Phi) is 48.7. The highest BCUT2D eigenvalue weighted by molar-refractivity contribution is 5.76. The van der Waals surface area contributed by atoms with E-state index in [1.54, 1.807) is 6.08 Å². The molecule has 0 aliphatic rings. The first-order valence-corrected chi connectivity index (χ1v) is 26.4. The molecule has 0 rings (SSSR count). The van der Waals surface area contributed by atoms with Crippen molar-refractivity contribution in [2.24, 2.45) is 0 Å². The molecule has 2 unspecified atom stereocenters. The van der Waals surface area contributed by atoms with Crippen LogP contribution in [-0.2, 0) is 14.3 Å². The fraction of sp³-hybridized carbons (Fsp3) is 0.818. The molecule has 0 aromatic heterocycles. The molecule has 0 bridgehead atoms. The molecular weight excluding hydrogens is 755 g/mol. The summed E-state index contributed by atoms with van der Waals surface area (Å²) in [5, 5.41) is 23.0. The molecule has 0 aromatic rings. The van der Waals surface area contributed by atoms with E-state index in [2.05, 4.69) is 49.5 Å². The van der Waals surface area contributed by atoms with Crippen LogP contribution in [0.15, 0.2) is 48.6 Å². The number of esters is 1. The van der Waals surface area contributed by atoms with E-state index in [9.17, 15) is 19.8 Å². The molecule has 0 saturated carbocycles. The van der Waals surface area contributed by atoms with Gasteiger partial charge < -0.3 is 20.3 Å². The third kappa shape index (κ3) is 47.1. The van der Waals surface area contributed by atoms with Gasteiger partial charge in [0.25, 0.3) is 0 Å². The minimum Gasteiger partial charge on any atom is -0.466 e. The molecule has 2 atom stereocenters. The first kappa shape index (κ1) is 58.8. The molecule has 0 spiro atoms. The van der Waals surface area contributed by atoms with Crippen molar-refractivity contribution in [1.82, 2.24) is 5.32 Å². The van der Waals surface area contributed by atoms with Crippen molar-refractivity contribution in [3.8, 4) is 0 Å². The van der Waals surface area contributed by atoms with Gasteiger partial charge in [-0.1, -0.05) is 223 Å². The standard InChI is InChI=1S/C55H101NO5/c1-3-5-7-9-11-13-15-17-18-19-20-21-24-27-31-35-39-43-47-53(58)52(51-57)56-54(59)48-44-40-36-32-28-25-22-26-30-34-38-42-46-50-61-55(60)49-45-41-37-33-29-23-16-14-12-10-8-6-4-2/h14,16,25,28,36,40,43,47,52-53,57-58H,3-13,15,17-24,26-27,29-35,37-39,41-42,44-46,48-51H2,1-2H3,(H,56,59)/b16-14-,28-25-,40-36-,47-43+. The van der Waals surface area contributed by atoms with Gasteiger partial charge in [-0.3, -0.25) is 9.59 Å². The summed E-state index contributed by atoms with van der Waals surface area (Å²) in [5.74, 6) is -0.177. The van der Waals surface area contributed by atoms with Crippen LogP contribution in [0.1, 0.15) is 264 Å². The van der Waals surface area contributed by atoms with Crippen LogP contribution in [0.5, 0.6) is 0 Å². The maximum absolute atomic E-state index is 12.4. The third-order valence-electron chi connectivity index (χ3n) is 11.8. The Balaban J connectivity index is 3.61. The lowest BCUT2D eigenvalue weighted by Gasteiger charge is -2.19. The zero-order chi connectivity index (χ0) is 44.4. The topological polar surface area (TPSA) is 95.9 Å². The maximum atomic E-state index is 12.4. The molecule has 1 amide bonds. The van der Waals surface area contributed by atoms with E-state index in [-0.39, 0.29) is 18.5 Å². The third-order valence-corrected chi connectivity index (χ3v) is 11.8. The number of aliphatic hydroxyl groups excluding tert-OH is 2. The Bertz CT molecular complexity index is 1040. The fourth-order valence-electron chi connectivity index (χ4n) is 7.74. The average molecular weight is 856 g/mol. The minimum atomic E-state index is -0.880. The van der Waals surface area contributed by atoms with Crippen LogP contribution < -0.4 is 5.32 Å². The van der Waals surface area contributed by atoms with Gasteiger partial charge in [-0.15, -0.1) is 0 Å². The highest BCUT2D eigenvalue weighted by Crippen LogP contribution is 2.15. The Morgan fingerprint density at radius 3 is 1.31 bits per heavy atom. The summed E-state index contributed by atoms with van der Waals surface area (Å²) in [4.78, 5) is 24.4. The van der Waals surface area contributed by atoms with Gasteiger partial charge in [0, 0.05) is 12.8 Å². The summed E-state index contributed by atoms with van der Waals surface area (Å²) in [6.45, 7) is 4.82. The summed E-state index contributed by atoms with van der Waals surface area (Å²) in [7, 11) is 0. The molecule has 6 heteroatoms. The Hall–Kier alpha value is -2.18. The number of nitrogens with one attached hydrogen (secondary N) is 1. The number of ether oxygens (including phenoxy) is 1. The lowest BCUT2D eigenvalue weighted by molar-refractivity contribution is -0.143. The molecule has 0 aliphatic carbocycles. The molecule has 6 nitrogen and oxygen atoms in total. The summed E-state index contributed by atoms with van der Waals surface area (Å²) < 4.78 is 5.44. The van der Waals surface area contributed by atoms with E-state index >= 15 is 0 Å². The molecule has 3 N–H and O–H groups in total. The average Bonchev–Trinajstić information content (AvgIpc) is 3.26. The van der Waals surface area contributed by atoms with Gasteiger partial charge in [0.15, 0.2) is 0 Å². The van der Waals surface area contributed by atoms with Crippen LogP contribution in [0.3, 0.4) is 0 Å². The Morgan fingerprint density at radius 2 is 0.836 bits per heavy atom. The summed E-state index contributed by atoms with van der Waals surface area (Å²) >= 11 is 0. The summed E-state index contributed by atoms with van der Waals surface area (Å²) in [6.07, 6.45) is 62.7. The number of aliphatic hydroxyl groups is 2. The smallest absolute Gasteiger partial charge is 0.305 e. The maximum Gasteiger partial charge on any atom is 0.305 e. The van der Waals surface area contributed by atoms with Gasteiger partial charge in [-0.2, -0.15) is 0 Å². The first-order valence-electron chi connectivity index (χ1n) is 26.4. The minimum absolute atomic E-state index is 0.0284. The Morgan fingerprint density at radius 1 is 0.459 bits per heavy atom. The van der Waals surface area contributed by atoms with E-state index in [4.69, 9.17) is 4.74 Å². The van der Waals surface area contributed by atoms with Crippen LogP contribution in [0.25, 0.3) is 0 Å². The molecule has 0 fully saturated rings. The summed E-state index contributed by atoms with van der Waals surface area (Å²) in [5.41, 5.74) is 0. The van der Waals surface area contributed by atoms with Crippen LogP contribution >= 0.6 is 0 Å². The van der Waals surface area contributed by atoms with Crippen LogP contribution in [0.4, 0.5) is 0 Å². The van der Waals surface area contributed by atoms with Crippen molar-refractivity contribution in [3.05, 3.63) is 48.6 Å². The van der Waals surface area contributed by atoms with E-state index in [1.165, 1.54) is 180 Å². The van der Waals surface area contributed by atoms with Gasteiger partial charge in [-0.25, -0.2) is 0 Å². The van der Waals surface area contributed by atoms with Crippen LogP contribution in [0.2, 0.25) is 0 Å². The highest BCUT2D eigenvalue weighted by atomic mass is 16.5. The zero-order valence-electron chi connectivity index (χ0n) is 40.4. The van der Waals surface area contributed by atoms with E-state index < -0.39 is 12.1 Å². The van der Waals surface area contributed by atoms with E-state index in [1.807, 2.05) is 12.2 Å². The van der Waals surface area contributed by atoms with E-state index in [0.29, 0.717) is 25.9 Å². The predicted molar refractivity (Wildman–Crippen MR) is 264 cm³/mol. The Labute approximate surface area is 378 Å². The van der Waals surface area contributed by atoms with Gasteiger partial charge in [0.2, 0.25) is 5.91 Å². The molecular formula is C55H101NO5. The molecule has 0 aliphatic heterocycles. The number of amides is 1. The van der Waals surface area contributed by atoms with Crippen molar-refractivity contribution in [1.29, 1.82) is 0 Å². The van der Waals surface area contributed by atoms with Crippen molar-refractivity contribution >= 4 is 11.9 Å². The van der Waals surface area contributed by atoms with Crippen molar-refractivity contribution < 1.29 is 24.5 Å². The van der Waals surface area contributed by atoms with Gasteiger partial charge in [-0.05, 0) is 77.0 Å². The lowest BCUT2D eigenvalue weighted by Crippen LogP contribution is -2.45. The second-order valence-corrected chi connectivity index (χ2v) is 17.8. The van der Waals surface area contributed by atoms with Crippen molar-refractivity contribution in [3.63, 3.8) is 0 Å². The quantitative estimate of drug-likeness (QED) is 0.0322. The SMILES string of the molecule is CCCCCC/C=C\CCCCCCCC(=O)OCCCCCCCC/C=C\C/C=C\CCC(=O)NC(CO)C(O)/C=C/CCCCCCCCCCCCCCCCCC.